The smallest absolute Gasteiger partial charge is 0.225 e. The van der Waals surface area contributed by atoms with Crippen LogP contribution in [0.15, 0.2) is 0 Å². The van der Waals surface area contributed by atoms with Crippen LogP contribution in [0.2, 0.25) is 5.28 Å². The maximum atomic E-state index is 6.15. The van der Waals surface area contributed by atoms with Gasteiger partial charge in [0.15, 0.2) is 0 Å². The maximum Gasteiger partial charge on any atom is 0.225 e. The first-order valence-electron chi connectivity index (χ1n) is 6.68. The Hall–Kier alpha value is -0.570. The standard InChI is InChI=1S/C13H22ClN3/c1-9(2)12-15-16-13(14)17(12)8-11-7-5-4-6-10(11)3/h9-11H,4-8H2,1-3H3. The van der Waals surface area contributed by atoms with Gasteiger partial charge in [-0.3, -0.25) is 0 Å². The molecule has 0 spiro atoms. The Morgan fingerprint density at radius 3 is 2.65 bits per heavy atom. The molecule has 0 aromatic carbocycles. The van der Waals surface area contributed by atoms with Gasteiger partial charge >= 0.3 is 0 Å². The highest BCUT2D eigenvalue weighted by molar-refractivity contribution is 6.28. The molecule has 2 unspecified atom stereocenters. The lowest BCUT2D eigenvalue weighted by Gasteiger charge is -2.29. The van der Waals surface area contributed by atoms with Gasteiger partial charge in [-0.25, -0.2) is 0 Å². The molecule has 1 aromatic heterocycles. The van der Waals surface area contributed by atoms with Crippen molar-refractivity contribution in [1.82, 2.24) is 14.8 Å². The molecule has 1 saturated carbocycles. The lowest BCUT2D eigenvalue weighted by molar-refractivity contribution is 0.226. The van der Waals surface area contributed by atoms with Crippen LogP contribution in [0.4, 0.5) is 0 Å². The van der Waals surface area contributed by atoms with E-state index in [4.69, 9.17) is 11.6 Å². The highest BCUT2D eigenvalue weighted by Gasteiger charge is 2.24. The van der Waals surface area contributed by atoms with Crippen LogP contribution in [0.5, 0.6) is 0 Å². The third kappa shape index (κ3) is 2.82. The molecule has 0 bridgehead atoms. The zero-order valence-electron chi connectivity index (χ0n) is 11.0. The van der Waals surface area contributed by atoms with Gasteiger partial charge in [0.25, 0.3) is 0 Å². The molecule has 1 aromatic rings. The van der Waals surface area contributed by atoms with Gasteiger partial charge in [-0.05, 0) is 29.9 Å². The molecule has 0 N–H and O–H groups in total. The summed E-state index contributed by atoms with van der Waals surface area (Å²) in [7, 11) is 0. The first-order chi connectivity index (χ1) is 8.09. The van der Waals surface area contributed by atoms with E-state index in [9.17, 15) is 0 Å². The predicted octanol–water partition coefficient (Wildman–Crippen LogP) is 3.88. The third-order valence-corrected chi connectivity index (χ3v) is 4.24. The molecule has 1 aliphatic carbocycles. The lowest BCUT2D eigenvalue weighted by Crippen LogP contribution is -2.23. The molecule has 0 aliphatic heterocycles. The van der Waals surface area contributed by atoms with E-state index in [2.05, 4.69) is 35.5 Å². The second-order valence-electron chi connectivity index (χ2n) is 5.61. The fraction of sp³-hybridized carbons (Fsp3) is 0.846. The van der Waals surface area contributed by atoms with Crippen molar-refractivity contribution >= 4 is 11.6 Å². The monoisotopic (exact) mass is 255 g/mol. The van der Waals surface area contributed by atoms with Crippen LogP contribution in [0.3, 0.4) is 0 Å². The zero-order valence-corrected chi connectivity index (χ0v) is 11.7. The molecule has 2 atom stereocenters. The molecule has 0 radical (unpaired) electrons. The number of aromatic nitrogens is 3. The number of halogens is 1. The molecule has 4 heteroatoms. The molecule has 1 heterocycles. The Labute approximate surface area is 109 Å². The topological polar surface area (TPSA) is 30.7 Å². The fourth-order valence-corrected chi connectivity index (χ4v) is 2.98. The predicted molar refractivity (Wildman–Crippen MR) is 70.2 cm³/mol. The SMILES string of the molecule is CC(C)c1nnc(Cl)n1CC1CCCCC1C. The minimum absolute atomic E-state index is 0.383. The van der Waals surface area contributed by atoms with Gasteiger partial charge in [-0.15, -0.1) is 10.2 Å². The summed E-state index contributed by atoms with van der Waals surface area (Å²) in [5, 5.41) is 8.74. The first kappa shape index (κ1) is 12.9. The van der Waals surface area contributed by atoms with E-state index in [1.165, 1.54) is 25.7 Å². The lowest BCUT2D eigenvalue weighted by atomic mass is 9.80. The second-order valence-corrected chi connectivity index (χ2v) is 5.95. The maximum absolute atomic E-state index is 6.15. The summed E-state index contributed by atoms with van der Waals surface area (Å²) in [5.41, 5.74) is 0. The van der Waals surface area contributed by atoms with Gasteiger partial charge in [-0.2, -0.15) is 0 Å². The van der Waals surface area contributed by atoms with E-state index in [1.54, 1.807) is 0 Å². The summed E-state index contributed by atoms with van der Waals surface area (Å²) >= 11 is 6.15. The van der Waals surface area contributed by atoms with E-state index in [0.29, 0.717) is 11.2 Å². The Balaban J connectivity index is 2.14. The van der Waals surface area contributed by atoms with Crippen molar-refractivity contribution in [2.24, 2.45) is 11.8 Å². The third-order valence-electron chi connectivity index (χ3n) is 3.96. The molecule has 1 aliphatic rings. The Bertz CT molecular complexity index is 373. The molecule has 0 amide bonds. The first-order valence-corrected chi connectivity index (χ1v) is 7.06. The van der Waals surface area contributed by atoms with Crippen LogP contribution in [-0.2, 0) is 6.54 Å². The summed E-state index contributed by atoms with van der Waals surface area (Å²) in [5.74, 6) is 2.93. The Morgan fingerprint density at radius 1 is 1.29 bits per heavy atom. The summed E-state index contributed by atoms with van der Waals surface area (Å²) in [6.07, 6.45) is 5.39. The molecule has 2 rings (SSSR count). The normalized spacial score (nSPS) is 25.5. The largest absolute Gasteiger partial charge is 0.301 e. The minimum atomic E-state index is 0.383. The van der Waals surface area contributed by atoms with Crippen LogP contribution in [0, 0.1) is 11.8 Å². The van der Waals surface area contributed by atoms with Gasteiger partial charge in [0, 0.05) is 12.5 Å². The molecule has 0 saturated heterocycles. The Kier molecular flexibility index (Phi) is 4.08. The van der Waals surface area contributed by atoms with Crippen molar-refractivity contribution in [3.63, 3.8) is 0 Å². The molecular formula is C13H22ClN3. The van der Waals surface area contributed by atoms with Crippen molar-refractivity contribution in [3.05, 3.63) is 11.1 Å². The molecule has 17 heavy (non-hydrogen) atoms. The van der Waals surface area contributed by atoms with Crippen LogP contribution in [-0.4, -0.2) is 14.8 Å². The minimum Gasteiger partial charge on any atom is -0.301 e. The van der Waals surface area contributed by atoms with E-state index in [0.717, 1.165) is 24.2 Å². The van der Waals surface area contributed by atoms with E-state index >= 15 is 0 Å². The van der Waals surface area contributed by atoms with Crippen molar-refractivity contribution in [2.75, 3.05) is 0 Å². The van der Waals surface area contributed by atoms with Gasteiger partial charge in [0.1, 0.15) is 5.82 Å². The van der Waals surface area contributed by atoms with Crippen LogP contribution < -0.4 is 0 Å². The number of rotatable bonds is 3. The van der Waals surface area contributed by atoms with Crippen molar-refractivity contribution in [1.29, 1.82) is 0 Å². The summed E-state index contributed by atoms with van der Waals surface area (Å²) in [6, 6.07) is 0. The quantitative estimate of drug-likeness (QED) is 0.821. The molecular weight excluding hydrogens is 234 g/mol. The van der Waals surface area contributed by atoms with E-state index in [1.807, 2.05) is 0 Å². The summed E-state index contributed by atoms with van der Waals surface area (Å²) in [6.45, 7) is 7.62. The van der Waals surface area contributed by atoms with Gasteiger partial charge in [0.05, 0.1) is 0 Å². The van der Waals surface area contributed by atoms with Gasteiger partial charge in [0.2, 0.25) is 5.28 Å². The zero-order chi connectivity index (χ0) is 12.4. The molecule has 3 nitrogen and oxygen atoms in total. The van der Waals surface area contributed by atoms with Crippen LogP contribution >= 0.6 is 11.6 Å². The number of hydrogen-bond acceptors (Lipinski definition) is 2. The highest BCUT2D eigenvalue weighted by atomic mass is 35.5. The van der Waals surface area contributed by atoms with Crippen molar-refractivity contribution < 1.29 is 0 Å². The molecule has 1 fully saturated rings. The number of hydrogen-bond donors (Lipinski definition) is 0. The van der Waals surface area contributed by atoms with E-state index < -0.39 is 0 Å². The fourth-order valence-electron chi connectivity index (χ4n) is 2.79. The van der Waals surface area contributed by atoms with Gasteiger partial charge in [-0.1, -0.05) is 40.0 Å². The van der Waals surface area contributed by atoms with E-state index in [-0.39, 0.29) is 0 Å². The van der Waals surface area contributed by atoms with Crippen LogP contribution in [0.1, 0.15) is 58.2 Å². The number of nitrogens with zero attached hydrogens (tertiary/aromatic N) is 3. The van der Waals surface area contributed by atoms with Crippen molar-refractivity contribution in [2.45, 2.75) is 58.9 Å². The average molecular weight is 256 g/mol. The Morgan fingerprint density at radius 2 is 2.00 bits per heavy atom. The summed E-state index contributed by atoms with van der Waals surface area (Å²) in [4.78, 5) is 0. The van der Waals surface area contributed by atoms with Crippen LogP contribution in [0.25, 0.3) is 0 Å². The highest BCUT2D eigenvalue weighted by Crippen LogP contribution is 2.32. The second kappa shape index (κ2) is 5.38. The molecule has 96 valence electrons. The van der Waals surface area contributed by atoms with Crippen molar-refractivity contribution in [3.8, 4) is 0 Å². The average Bonchev–Trinajstić information content (AvgIpc) is 2.64. The van der Waals surface area contributed by atoms with Gasteiger partial charge < -0.3 is 4.57 Å². The summed E-state index contributed by atoms with van der Waals surface area (Å²) < 4.78 is 2.11.